The van der Waals surface area contributed by atoms with Gasteiger partial charge in [0.25, 0.3) is 0 Å². The van der Waals surface area contributed by atoms with E-state index in [2.05, 4.69) is 10.2 Å². The summed E-state index contributed by atoms with van der Waals surface area (Å²) in [5.74, 6) is 0.240. The van der Waals surface area contributed by atoms with E-state index in [0.29, 0.717) is 17.0 Å². The average Bonchev–Trinajstić information content (AvgIpc) is 3.16. The van der Waals surface area contributed by atoms with Crippen LogP contribution in [0.15, 0.2) is 42.5 Å². The minimum Gasteiger partial charge on any atom is -0.496 e. The lowest BCUT2D eigenvalue weighted by atomic mass is 10.1. The van der Waals surface area contributed by atoms with E-state index in [0.717, 1.165) is 30.6 Å². The Kier molecular flexibility index (Phi) is 4.24. The van der Waals surface area contributed by atoms with Crippen LogP contribution in [0.1, 0.15) is 28.8 Å². The normalized spacial score (nSPS) is 18.0. The molecule has 0 bridgehead atoms. The van der Waals surface area contributed by atoms with Crippen molar-refractivity contribution in [2.75, 3.05) is 23.9 Å². The molecule has 6 nitrogen and oxygen atoms in total. The minimum absolute atomic E-state index is 0.00506. The van der Waals surface area contributed by atoms with E-state index in [1.54, 1.807) is 19.2 Å². The molecular weight excluding hydrogens is 332 g/mol. The van der Waals surface area contributed by atoms with Crippen LogP contribution in [0, 0.1) is 0 Å². The fraction of sp³-hybridized carbons (Fsp3) is 0.300. The summed E-state index contributed by atoms with van der Waals surface area (Å²) in [6.45, 7) is 0.989. The van der Waals surface area contributed by atoms with Crippen molar-refractivity contribution in [3.05, 3.63) is 53.6 Å². The second kappa shape index (κ2) is 6.71. The van der Waals surface area contributed by atoms with E-state index in [9.17, 15) is 9.59 Å². The quantitative estimate of drug-likeness (QED) is 0.857. The number of hydrogen-bond acceptors (Lipinski definition) is 5. The number of carbonyl (C=O) groups is 2. The van der Waals surface area contributed by atoms with Gasteiger partial charge in [0.15, 0.2) is 0 Å². The standard InChI is InChI=1S/C20H20N2O4/c1-25-18-7-3-2-5-14(18)12-26-20(24)13-8-9-16-15(11-13)21-19(23)17-6-4-10-22(16)17/h2-3,5,7-9,11,17H,4,6,10,12H2,1H3,(H,21,23)/t17-/m0/s1. The maximum Gasteiger partial charge on any atom is 0.338 e. The number of rotatable bonds is 4. The van der Waals surface area contributed by atoms with Crippen molar-refractivity contribution in [1.82, 2.24) is 0 Å². The number of benzene rings is 2. The Bertz CT molecular complexity index is 865. The Morgan fingerprint density at radius 1 is 1.27 bits per heavy atom. The summed E-state index contributed by atoms with van der Waals surface area (Å²) in [7, 11) is 1.58. The van der Waals surface area contributed by atoms with Gasteiger partial charge in [-0.3, -0.25) is 4.79 Å². The smallest absolute Gasteiger partial charge is 0.338 e. The van der Waals surface area contributed by atoms with Crippen molar-refractivity contribution in [1.29, 1.82) is 0 Å². The molecule has 1 amide bonds. The summed E-state index contributed by atoms with van der Waals surface area (Å²) in [4.78, 5) is 26.8. The zero-order valence-electron chi connectivity index (χ0n) is 14.5. The van der Waals surface area contributed by atoms with Crippen molar-refractivity contribution in [2.45, 2.75) is 25.5 Å². The highest BCUT2D eigenvalue weighted by molar-refractivity contribution is 6.05. The van der Waals surface area contributed by atoms with Crippen molar-refractivity contribution in [2.24, 2.45) is 0 Å². The molecule has 134 valence electrons. The Balaban J connectivity index is 1.51. The number of ether oxygens (including phenoxy) is 2. The summed E-state index contributed by atoms with van der Waals surface area (Å²) in [6.07, 6.45) is 1.87. The first-order valence-electron chi connectivity index (χ1n) is 8.68. The molecular formula is C20H20N2O4. The fourth-order valence-corrected chi connectivity index (χ4v) is 3.61. The summed E-state index contributed by atoms with van der Waals surface area (Å²) in [6, 6.07) is 12.6. The topological polar surface area (TPSA) is 67.9 Å². The third-order valence-electron chi connectivity index (χ3n) is 4.91. The van der Waals surface area contributed by atoms with Gasteiger partial charge in [-0.15, -0.1) is 0 Å². The first-order valence-corrected chi connectivity index (χ1v) is 8.68. The van der Waals surface area contributed by atoms with Gasteiger partial charge in [0.2, 0.25) is 5.91 Å². The van der Waals surface area contributed by atoms with Crippen molar-refractivity contribution >= 4 is 23.3 Å². The van der Waals surface area contributed by atoms with Crippen LogP contribution < -0.4 is 15.0 Å². The Morgan fingerprint density at radius 2 is 2.12 bits per heavy atom. The number of hydrogen-bond donors (Lipinski definition) is 1. The lowest BCUT2D eigenvalue weighted by Gasteiger charge is -2.33. The molecule has 0 spiro atoms. The highest BCUT2D eigenvalue weighted by atomic mass is 16.5. The summed E-state index contributed by atoms with van der Waals surface area (Å²) < 4.78 is 10.7. The lowest BCUT2D eigenvalue weighted by molar-refractivity contribution is -0.117. The van der Waals surface area contributed by atoms with Gasteiger partial charge in [0.1, 0.15) is 18.4 Å². The highest BCUT2D eigenvalue weighted by Gasteiger charge is 2.36. The van der Waals surface area contributed by atoms with Gasteiger partial charge in [-0.2, -0.15) is 0 Å². The molecule has 2 aliphatic rings. The van der Waals surface area contributed by atoms with Crippen LogP contribution in [-0.4, -0.2) is 31.6 Å². The maximum absolute atomic E-state index is 12.4. The minimum atomic E-state index is -0.434. The monoisotopic (exact) mass is 352 g/mol. The molecule has 2 aromatic carbocycles. The van der Waals surface area contributed by atoms with Crippen LogP contribution in [0.25, 0.3) is 0 Å². The van der Waals surface area contributed by atoms with Gasteiger partial charge in [-0.05, 0) is 37.1 Å². The van der Waals surface area contributed by atoms with Crippen molar-refractivity contribution in [3.8, 4) is 5.75 Å². The SMILES string of the molecule is COc1ccccc1COC(=O)c1ccc2c(c1)NC(=O)[C@@H]1CCCN21. The van der Waals surface area contributed by atoms with Crippen LogP contribution in [-0.2, 0) is 16.1 Å². The van der Waals surface area contributed by atoms with Crippen LogP contribution in [0.2, 0.25) is 0 Å². The molecule has 1 atom stereocenters. The molecule has 0 aromatic heterocycles. The number of fused-ring (bicyclic) bond motifs is 3. The lowest BCUT2D eigenvalue weighted by Crippen LogP contribution is -2.43. The predicted molar refractivity (Wildman–Crippen MR) is 97.6 cm³/mol. The first-order chi connectivity index (χ1) is 12.7. The van der Waals surface area contributed by atoms with Crippen LogP contribution >= 0.6 is 0 Å². The van der Waals surface area contributed by atoms with Gasteiger partial charge in [-0.25, -0.2) is 4.79 Å². The van der Waals surface area contributed by atoms with Crippen LogP contribution in [0.4, 0.5) is 11.4 Å². The van der Waals surface area contributed by atoms with Crippen LogP contribution in [0.5, 0.6) is 5.75 Å². The number of methoxy groups -OCH3 is 1. The van der Waals surface area contributed by atoms with Gasteiger partial charge in [0.05, 0.1) is 24.0 Å². The summed E-state index contributed by atoms with van der Waals surface area (Å²) >= 11 is 0. The Labute approximate surface area is 151 Å². The molecule has 0 saturated carbocycles. The largest absolute Gasteiger partial charge is 0.496 e. The Hall–Kier alpha value is -3.02. The van der Waals surface area contributed by atoms with E-state index in [1.165, 1.54) is 0 Å². The zero-order valence-corrected chi connectivity index (χ0v) is 14.5. The summed E-state index contributed by atoms with van der Waals surface area (Å²) in [5, 5.41) is 2.91. The van der Waals surface area contributed by atoms with Gasteiger partial charge in [-0.1, -0.05) is 18.2 Å². The van der Waals surface area contributed by atoms with E-state index < -0.39 is 5.97 Å². The predicted octanol–water partition coefficient (Wildman–Crippen LogP) is 2.97. The van der Waals surface area contributed by atoms with Gasteiger partial charge >= 0.3 is 5.97 Å². The number of amides is 1. The number of nitrogens with zero attached hydrogens (tertiary/aromatic N) is 1. The molecule has 2 aliphatic heterocycles. The average molecular weight is 352 g/mol. The second-order valence-corrected chi connectivity index (χ2v) is 6.46. The van der Waals surface area contributed by atoms with Gasteiger partial charge < -0.3 is 19.7 Å². The molecule has 1 saturated heterocycles. The number of para-hydroxylation sites is 1. The van der Waals surface area contributed by atoms with Crippen molar-refractivity contribution < 1.29 is 19.1 Å². The van der Waals surface area contributed by atoms with E-state index in [1.807, 2.05) is 30.3 Å². The molecule has 6 heteroatoms. The molecule has 4 rings (SSSR count). The maximum atomic E-state index is 12.4. The first kappa shape index (κ1) is 16.4. The third-order valence-corrected chi connectivity index (χ3v) is 4.91. The van der Waals surface area contributed by atoms with Crippen molar-refractivity contribution in [3.63, 3.8) is 0 Å². The zero-order chi connectivity index (χ0) is 18.1. The van der Waals surface area contributed by atoms with E-state index >= 15 is 0 Å². The number of carbonyl (C=O) groups excluding carboxylic acids is 2. The Morgan fingerprint density at radius 3 is 2.96 bits per heavy atom. The molecule has 1 N–H and O–H groups in total. The third kappa shape index (κ3) is 2.87. The fourth-order valence-electron chi connectivity index (χ4n) is 3.61. The number of nitrogens with one attached hydrogen (secondary N) is 1. The molecule has 2 heterocycles. The molecule has 26 heavy (non-hydrogen) atoms. The molecule has 1 fully saturated rings. The second-order valence-electron chi connectivity index (χ2n) is 6.46. The number of esters is 1. The molecule has 0 aliphatic carbocycles. The molecule has 0 unspecified atom stereocenters. The molecule has 0 radical (unpaired) electrons. The van der Waals surface area contributed by atoms with E-state index in [-0.39, 0.29) is 18.6 Å². The van der Waals surface area contributed by atoms with Crippen LogP contribution in [0.3, 0.4) is 0 Å². The number of anilines is 2. The highest BCUT2D eigenvalue weighted by Crippen LogP contribution is 2.37. The summed E-state index contributed by atoms with van der Waals surface area (Å²) in [5.41, 5.74) is 2.85. The molecule has 2 aromatic rings. The van der Waals surface area contributed by atoms with Gasteiger partial charge in [0, 0.05) is 12.1 Å². The van der Waals surface area contributed by atoms with E-state index in [4.69, 9.17) is 9.47 Å².